The van der Waals surface area contributed by atoms with Crippen molar-refractivity contribution in [2.75, 3.05) is 11.5 Å². The molecule has 1 unspecified atom stereocenters. The molecule has 0 radical (unpaired) electrons. The maximum Gasteiger partial charge on any atom is 0.273 e. The Kier molecular flexibility index (Phi) is 3.76. The quantitative estimate of drug-likeness (QED) is 0.656. The highest BCUT2D eigenvalue weighted by Gasteiger charge is 2.29. The van der Waals surface area contributed by atoms with Crippen molar-refractivity contribution in [3.05, 3.63) is 39.4 Å². The molecule has 1 aliphatic rings. The molecule has 0 aliphatic carbocycles. The van der Waals surface area contributed by atoms with Gasteiger partial charge in [0.1, 0.15) is 0 Å². The van der Waals surface area contributed by atoms with Crippen molar-refractivity contribution in [1.29, 1.82) is 0 Å². The van der Waals surface area contributed by atoms with E-state index in [1.807, 2.05) is 0 Å². The van der Waals surface area contributed by atoms with Gasteiger partial charge in [-0.3, -0.25) is 14.9 Å². The molecular formula is C12H14N2O5S. The first-order chi connectivity index (χ1) is 9.28. The maximum atomic E-state index is 12.0. The van der Waals surface area contributed by atoms with Crippen molar-refractivity contribution in [2.24, 2.45) is 0 Å². The Morgan fingerprint density at radius 2 is 2.15 bits per heavy atom. The number of nitrogens with one attached hydrogen (secondary N) is 1. The van der Waals surface area contributed by atoms with Crippen molar-refractivity contribution in [3.63, 3.8) is 0 Å². The van der Waals surface area contributed by atoms with Crippen molar-refractivity contribution < 1.29 is 18.1 Å². The molecule has 1 aromatic carbocycles. The summed E-state index contributed by atoms with van der Waals surface area (Å²) in [5.74, 6) is -0.506. The van der Waals surface area contributed by atoms with E-state index in [4.69, 9.17) is 0 Å². The molecule has 1 saturated heterocycles. The molecule has 1 N–H and O–H groups in total. The van der Waals surface area contributed by atoms with Gasteiger partial charge in [-0.1, -0.05) is 6.07 Å². The molecule has 1 fully saturated rings. The Labute approximate surface area is 116 Å². The Bertz CT molecular complexity index is 668. The normalized spacial score (nSPS) is 20.6. The van der Waals surface area contributed by atoms with Crippen LogP contribution in [0.2, 0.25) is 0 Å². The summed E-state index contributed by atoms with van der Waals surface area (Å²) in [6.45, 7) is 1.59. The molecule has 0 bridgehead atoms. The number of nitro groups is 1. The van der Waals surface area contributed by atoms with E-state index in [1.54, 1.807) is 6.92 Å². The number of benzene rings is 1. The van der Waals surface area contributed by atoms with E-state index in [0.717, 1.165) is 0 Å². The van der Waals surface area contributed by atoms with E-state index < -0.39 is 26.7 Å². The molecule has 1 heterocycles. The fourth-order valence-corrected chi connectivity index (χ4v) is 3.80. The van der Waals surface area contributed by atoms with Crippen LogP contribution in [-0.2, 0) is 9.84 Å². The average Bonchev–Trinajstić information content (AvgIpc) is 2.68. The summed E-state index contributed by atoms with van der Waals surface area (Å²) < 4.78 is 22.6. The highest BCUT2D eigenvalue weighted by atomic mass is 32.2. The molecule has 7 nitrogen and oxygen atoms in total. The maximum absolute atomic E-state index is 12.0. The fraction of sp³-hybridized carbons (Fsp3) is 0.417. The first kappa shape index (κ1) is 14.4. The summed E-state index contributed by atoms with van der Waals surface area (Å²) in [7, 11) is -3.07. The minimum Gasteiger partial charge on any atom is -0.348 e. The summed E-state index contributed by atoms with van der Waals surface area (Å²) in [6.07, 6.45) is 0.377. The molecule has 1 aliphatic heterocycles. The van der Waals surface area contributed by atoms with Gasteiger partial charge in [-0.05, 0) is 19.4 Å². The van der Waals surface area contributed by atoms with Crippen LogP contribution in [-0.4, -0.2) is 36.8 Å². The van der Waals surface area contributed by atoms with Gasteiger partial charge in [-0.15, -0.1) is 0 Å². The minimum absolute atomic E-state index is 0.0615. The number of hydrogen-bond donors (Lipinski definition) is 1. The zero-order valence-corrected chi connectivity index (χ0v) is 11.6. The number of hydrogen-bond acceptors (Lipinski definition) is 5. The van der Waals surface area contributed by atoms with Gasteiger partial charge >= 0.3 is 0 Å². The largest absolute Gasteiger partial charge is 0.348 e. The summed E-state index contributed by atoms with van der Waals surface area (Å²) >= 11 is 0. The standard InChI is InChI=1S/C12H14N2O5S/c1-8-2-3-9(6-11(8)14(16)17)12(15)13-10-4-5-20(18,19)7-10/h2-3,6,10H,4-5,7H2,1H3,(H,13,15). The van der Waals surface area contributed by atoms with Crippen molar-refractivity contribution in [1.82, 2.24) is 5.32 Å². The van der Waals surface area contributed by atoms with Gasteiger partial charge < -0.3 is 5.32 Å². The van der Waals surface area contributed by atoms with Crippen molar-refractivity contribution in [2.45, 2.75) is 19.4 Å². The number of nitro benzene ring substituents is 1. The lowest BCUT2D eigenvalue weighted by Gasteiger charge is -2.10. The van der Waals surface area contributed by atoms with Crippen LogP contribution >= 0.6 is 0 Å². The first-order valence-corrected chi connectivity index (χ1v) is 7.87. The van der Waals surface area contributed by atoms with Gasteiger partial charge in [0.25, 0.3) is 11.6 Å². The molecule has 1 aromatic rings. The molecule has 1 amide bonds. The topological polar surface area (TPSA) is 106 Å². The number of amides is 1. The fourth-order valence-electron chi connectivity index (χ4n) is 2.12. The molecule has 0 spiro atoms. The lowest BCUT2D eigenvalue weighted by Crippen LogP contribution is -2.35. The second-order valence-corrected chi connectivity index (χ2v) is 7.06. The van der Waals surface area contributed by atoms with Gasteiger partial charge in [0.2, 0.25) is 0 Å². The lowest BCUT2D eigenvalue weighted by atomic mass is 10.1. The van der Waals surface area contributed by atoms with E-state index in [0.29, 0.717) is 12.0 Å². The summed E-state index contributed by atoms with van der Waals surface area (Å²) in [4.78, 5) is 22.2. The molecule has 108 valence electrons. The van der Waals surface area contributed by atoms with Gasteiger partial charge in [0.15, 0.2) is 9.84 Å². The zero-order chi connectivity index (χ0) is 14.9. The molecule has 2 rings (SSSR count). The van der Waals surface area contributed by atoms with Crippen molar-refractivity contribution in [3.8, 4) is 0 Å². The number of rotatable bonds is 3. The number of sulfone groups is 1. The monoisotopic (exact) mass is 298 g/mol. The smallest absolute Gasteiger partial charge is 0.273 e. The Morgan fingerprint density at radius 3 is 2.70 bits per heavy atom. The zero-order valence-electron chi connectivity index (χ0n) is 10.8. The minimum atomic E-state index is -3.07. The number of carbonyl (C=O) groups excluding carboxylic acids is 1. The van der Waals surface area contributed by atoms with Gasteiger partial charge in [0, 0.05) is 23.2 Å². The number of carbonyl (C=O) groups is 1. The van der Waals surface area contributed by atoms with Crippen LogP contribution in [0.5, 0.6) is 0 Å². The predicted octanol–water partition coefficient (Wildman–Crippen LogP) is 0.820. The second kappa shape index (κ2) is 5.20. The Balaban J connectivity index is 2.14. The van der Waals surface area contributed by atoms with E-state index in [-0.39, 0.29) is 22.8 Å². The van der Waals surface area contributed by atoms with Crippen LogP contribution in [0.3, 0.4) is 0 Å². The first-order valence-electron chi connectivity index (χ1n) is 6.05. The van der Waals surface area contributed by atoms with Gasteiger partial charge in [-0.25, -0.2) is 8.42 Å². The van der Waals surface area contributed by atoms with E-state index in [9.17, 15) is 23.3 Å². The van der Waals surface area contributed by atoms with E-state index in [1.165, 1.54) is 18.2 Å². The van der Waals surface area contributed by atoms with E-state index in [2.05, 4.69) is 5.32 Å². The third-order valence-electron chi connectivity index (χ3n) is 3.24. The SMILES string of the molecule is Cc1ccc(C(=O)NC2CCS(=O)(=O)C2)cc1[N+](=O)[O-]. The highest BCUT2D eigenvalue weighted by Crippen LogP contribution is 2.20. The summed E-state index contributed by atoms with van der Waals surface area (Å²) in [5, 5.41) is 13.4. The number of aryl methyl sites for hydroxylation is 1. The third-order valence-corrected chi connectivity index (χ3v) is 5.00. The molecule has 20 heavy (non-hydrogen) atoms. The van der Waals surface area contributed by atoms with Crippen LogP contribution in [0.25, 0.3) is 0 Å². The predicted molar refractivity (Wildman–Crippen MR) is 72.4 cm³/mol. The van der Waals surface area contributed by atoms with Gasteiger partial charge in [0.05, 0.1) is 16.4 Å². The molecule has 8 heteroatoms. The van der Waals surface area contributed by atoms with Crippen LogP contribution in [0.15, 0.2) is 18.2 Å². The third kappa shape index (κ3) is 3.13. The van der Waals surface area contributed by atoms with Crippen LogP contribution in [0, 0.1) is 17.0 Å². The summed E-state index contributed by atoms with van der Waals surface area (Å²) in [5.41, 5.74) is 0.498. The number of nitrogens with zero attached hydrogens (tertiary/aromatic N) is 1. The molecular weight excluding hydrogens is 284 g/mol. The van der Waals surface area contributed by atoms with E-state index >= 15 is 0 Å². The Morgan fingerprint density at radius 1 is 1.45 bits per heavy atom. The lowest BCUT2D eigenvalue weighted by molar-refractivity contribution is -0.385. The Hall–Kier alpha value is -1.96. The van der Waals surface area contributed by atoms with Gasteiger partial charge in [-0.2, -0.15) is 0 Å². The average molecular weight is 298 g/mol. The highest BCUT2D eigenvalue weighted by molar-refractivity contribution is 7.91. The second-order valence-electron chi connectivity index (χ2n) is 4.83. The molecule has 1 atom stereocenters. The van der Waals surface area contributed by atoms with Crippen LogP contribution < -0.4 is 5.32 Å². The summed E-state index contributed by atoms with van der Waals surface area (Å²) in [6, 6.07) is 3.76. The van der Waals surface area contributed by atoms with Crippen molar-refractivity contribution >= 4 is 21.4 Å². The molecule has 0 saturated carbocycles. The van der Waals surface area contributed by atoms with Crippen LogP contribution in [0.4, 0.5) is 5.69 Å². The molecule has 0 aromatic heterocycles. The van der Waals surface area contributed by atoms with Crippen LogP contribution in [0.1, 0.15) is 22.3 Å².